The molecule has 1 aromatic carbocycles. The summed E-state index contributed by atoms with van der Waals surface area (Å²) in [5, 5.41) is 5.30. The predicted molar refractivity (Wildman–Crippen MR) is 81.1 cm³/mol. The third-order valence-electron chi connectivity index (χ3n) is 3.91. The van der Waals surface area contributed by atoms with Crippen LogP contribution in [0.1, 0.15) is 12.8 Å². The Kier molecular flexibility index (Phi) is 4.22. The zero-order valence-electron chi connectivity index (χ0n) is 11.9. The van der Waals surface area contributed by atoms with Gasteiger partial charge in [-0.05, 0) is 51.2 Å². The lowest BCUT2D eigenvalue weighted by molar-refractivity contribution is 0.252. The number of sulfonamides is 1. The van der Waals surface area contributed by atoms with Gasteiger partial charge in [-0.2, -0.15) is 0 Å². The predicted octanol–water partition coefficient (Wildman–Crippen LogP) is 0.447. The number of hydrogen-bond donors (Lipinski definition) is 2. The van der Waals surface area contributed by atoms with Crippen LogP contribution in [0, 0.1) is 0 Å². The third-order valence-corrected chi connectivity index (χ3v) is 4.85. The van der Waals surface area contributed by atoms with Crippen LogP contribution in [0.3, 0.4) is 0 Å². The number of piperidine rings is 1. The van der Waals surface area contributed by atoms with Crippen LogP contribution in [0.4, 0.5) is 11.4 Å². The molecule has 0 aromatic heterocycles. The Hall–Kier alpha value is -1.31. The SMILES string of the molecule is CN1CCC(N(C)c2ccc(N)cc2S(N)(=O)=O)CC1. The molecule has 1 aromatic rings. The largest absolute Gasteiger partial charge is 0.399 e. The fraction of sp³-hybridized carbons (Fsp3) is 0.538. The highest BCUT2D eigenvalue weighted by Gasteiger charge is 2.25. The second-order valence-electron chi connectivity index (χ2n) is 5.42. The van der Waals surface area contributed by atoms with Crippen molar-refractivity contribution >= 4 is 21.4 Å². The van der Waals surface area contributed by atoms with Gasteiger partial charge in [0, 0.05) is 18.8 Å². The van der Waals surface area contributed by atoms with Gasteiger partial charge in [0.05, 0.1) is 5.69 Å². The highest BCUT2D eigenvalue weighted by atomic mass is 32.2. The number of likely N-dealkylation sites (tertiary alicyclic amines) is 1. The molecular weight excluding hydrogens is 276 g/mol. The number of nitrogens with zero attached hydrogens (tertiary/aromatic N) is 2. The molecule has 1 fully saturated rings. The van der Waals surface area contributed by atoms with Gasteiger partial charge in [-0.25, -0.2) is 13.6 Å². The van der Waals surface area contributed by atoms with Crippen molar-refractivity contribution in [1.82, 2.24) is 4.90 Å². The zero-order valence-corrected chi connectivity index (χ0v) is 12.7. The number of anilines is 2. The van der Waals surface area contributed by atoms with Crippen LogP contribution in [0.5, 0.6) is 0 Å². The third kappa shape index (κ3) is 3.23. The minimum atomic E-state index is -3.78. The molecule has 0 saturated carbocycles. The molecule has 1 aliphatic heterocycles. The summed E-state index contributed by atoms with van der Waals surface area (Å²) in [4.78, 5) is 4.37. The van der Waals surface area contributed by atoms with Crippen LogP contribution < -0.4 is 15.8 Å². The van der Waals surface area contributed by atoms with E-state index >= 15 is 0 Å². The molecule has 0 atom stereocenters. The maximum atomic E-state index is 11.7. The van der Waals surface area contributed by atoms with Crippen molar-refractivity contribution in [3.63, 3.8) is 0 Å². The van der Waals surface area contributed by atoms with Gasteiger partial charge in [0.2, 0.25) is 10.0 Å². The Bertz CT molecular complexity index is 580. The minimum Gasteiger partial charge on any atom is -0.399 e. The average molecular weight is 298 g/mol. The van der Waals surface area contributed by atoms with Gasteiger partial charge < -0.3 is 15.5 Å². The van der Waals surface area contributed by atoms with Crippen molar-refractivity contribution in [2.45, 2.75) is 23.8 Å². The topological polar surface area (TPSA) is 92.7 Å². The van der Waals surface area contributed by atoms with Crippen molar-refractivity contribution in [2.75, 3.05) is 37.8 Å². The molecule has 0 radical (unpaired) electrons. The first kappa shape index (κ1) is 15.1. The lowest BCUT2D eigenvalue weighted by Crippen LogP contribution is -2.42. The number of rotatable bonds is 3. The van der Waals surface area contributed by atoms with Crippen molar-refractivity contribution in [2.24, 2.45) is 5.14 Å². The number of nitrogens with two attached hydrogens (primary N) is 2. The van der Waals surface area contributed by atoms with E-state index in [-0.39, 0.29) is 4.90 Å². The Balaban J connectivity index is 2.32. The molecule has 0 aliphatic carbocycles. The van der Waals surface area contributed by atoms with E-state index in [1.165, 1.54) is 6.07 Å². The number of primary sulfonamides is 1. The Labute approximate surface area is 120 Å². The monoisotopic (exact) mass is 298 g/mol. The van der Waals surface area contributed by atoms with Crippen LogP contribution in [0.25, 0.3) is 0 Å². The molecule has 2 rings (SSSR count). The summed E-state index contributed by atoms with van der Waals surface area (Å²) in [5.41, 5.74) is 6.70. The lowest BCUT2D eigenvalue weighted by Gasteiger charge is -2.37. The summed E-state index contributed by atoms with van der Waals surface area (Å²) in [5.74, 6) is 0. The number of benzene rings is 1. The quantitative estimate of drug-likeness (QED) is 0.790. The van der Waals surface area contributed by atoms with Crippen LogP contribution in [0.2, 0.25) is 0 Å². The van der Waals surface area contributed by atoms with Crippen LogP contribution in [-0.2, 0) is 10.0 Å². The summed E-state index contributed by atoms with van der Waals surface area (Å²) in [6, 6.07) is 5.18. The molecule has 1 saturated heterocycles. The molecule has 4 N–H and O–H groups in total. The van der Waals surface area contributed by atoms with E-state index in [0.29, 0.717) is 17.4 Å². The first-order chi connectivity index (χ1) is 9.29. The Morgan fingerprint density at radius 2 is 1.90 bits per heavy atom. The molecule has 0 spiro atoms. The fourth-order valence-corrected chi connectivity index (χ4v) is 3.43. The van der Waals surface area contributed by atoms with E-state index in [1.54, 1.807) is 12.1 Å². The zero-order chi connectivity index (χ0) is 14.9. The first-order valence-electron chi connectivity index (χ1n) is 6.63. The second-order valence-corrected chi connectivity index (χ2v) is 6.95. The van der Waals surface area contributed by atoms with E-state index in [1.807, 2.05) is 11.9 Å². The molecular formula is C13H22N4O2S. The van der Waals surface area contributed by atoms with Gasteiger partial charge in [0.1, 0.15) is 4.90 Å². The van der Waals surface area contributed by atoms with E-state index in [2.05, 4.69) is 11.9 Å². The Morgan fingerprint density at radius 1 is 1.30 bits per heavy atom. The average Bonchev–Trinajstić information content (AvgIpc) is 2.38. The van der Waals surface area contributed by atoms with Gasteiger partial charge in [0.25, 0.3) is 0 Å². The standard InChI is InChI=1S/C13H22N4O2S/c1-16-7-5-11(6-8-16)17(2)12-4-3-10(14)9-13(12)20(15,18)19/h3-4,9,11H,5-8,14H2,1-2H3,(H2,15,18,19). The lowest BCUT2D eigenvalue weighted by atomic mass is 10.0. The molecule has 0 bridgehead atoms. The molecule has 112 valence electrons. The summed E-state index contributed by atoms with van der Waals surface area (Å²) in [6.45, 7) is 2.02. The molecule has 0 amide bonds. The summed E-state index contributed by atoms with van der Waals surface area (Å²) >= 11 is 0. The smallest absolute Gasteiger partial charge is 0.240 e. The van der Waals surface area contributed by atoms with Gasteiger partial charge in [0.15, 0.2) is 0 Å². The van der Waals surface area contributed by atoms with Crippen molar-refractivity contribution in [3.05, 3.63) is 18.2 Å². The van der Waals surface area contributed by atoms with E-state index < -0.39 is 10.0 Å². The van der Waals surface area contributed by atoms with Crippen LogP contribution in [-0.4, -0.2) is 46.5 Å². The molecule has 1 aliphatic rings. The number of nitrogen functional groups attached to an aromatic ring is 1. The maximum Gasteiger partial charge on any atom is 0.240 e. The fourth-order valence-electron chi connectivity index (χ4n) is 2.63. The van der Waals surface area contributed by atoms with E-state index in [9.17, 15) is 8.42 Å². The summed E-state index contributed by atoms with van der Waals surface area (Å²) in [6.07, 6.45) is 2.00. The van der Waals surface area contributed by atoms with Gasteiger partial charge >= 0.3 is 0 Å². The van der Waals surface area contributed by atoms with Crippen LogP contribution >= 0.6 is 0 Å². The minimum absolute atomic E-state index is 0.0962. The van der Waals surface area contributed by atoms with Gasteiger partial charge in [-0.3, -0.25) is 0 Å². The molecule has 1 heterocycles. The van der Waals surface area contributed by atoms with Gasteiger partial charge in [-0.15, -0.1) is 0 Å². The number of hydrogen-bond acceptors (Lipinski definition) is 5. The normalized spacial score (nSPS) is 18.1. The van der Waals surface area contributed by atoms with Crippen molar-refractivity contribution in [3.8, 4) is 0 Å². The summed E-state index contributed by atoms with van der Waals surface area (Å²) < 4.78 is 23.5. The molecule has 20 heavy (non-hydrogen) atoms. The highest BCUT2D eigenvalue weighted by Crippen LogP contribution is 2.29. The molecule has 7 heteroatoms. The van der Waals surface area contributed by atoms with Crippen LogP contribution in [0.15, 0.2) is 23.1 Å². The van der Waals surface area contributed by atoms with E-state index in [0.717, 1.165) is 25.9 Å². The highest BCUT2D eigenvalue weighted by molar-refractivity contribution is 7.89. The Morgan fingerprint density at radius 3 is 2.45 bits per heavy atom. The second kappa shape index (κ2) is 5.59. The van der Waals surface area contributed by atoms with Gasteiger partial charge in [-0.1, -0.05) is 0 Å². The van der Waals surface area contributed by atoms with Crippen molar-refractivity contribution in [1.29, 1.82) is 0 Å². The maximum absolute atomic E-state index is 11.7. The molecule has 0 unspecified atom stereocenters. The van der Waals surface area contributed by atoms with E-state index in [4.69, 9.17) is 10.9 Å². The summed E-state index contributed by atoms with van der Waals surface area (Å²) in [7, 11) is 0.223. The van der Waals surface area contributed by atoms with Crippen molar-refractivity contribution < 1.29 is 8.42 Å². The molecule has 6 nitrogen and oxygen atoms in total. The first-order valence-corrected chi connectivity index (χ1v) is 8.17.